The Morgan fingerprint density at radius 1 is 0.941 bits per heavy atom. The van der Waals surface area contributed by atoms with Gasteiger partial charge in [-0.3, -0.25) is 4.79 Å². The number of fused-ring (bicyclic) bond motifs is 2. The molecule has 1 saturated carbocycles. The first kappa shape index (κ1) is 26.3. The fourth-order valence-electron chi connectivity index (χ4n) is 5.07. The smallest absolute Gasteiger partial charge is 0.168 e. The van der Waals surface area contributed by atoms with Crippen LogP contribution in [0.3, 0.4) is 0 Å². The van der Waals surface area contributed by atoms with Crippen molar-refractivity contribution in [2.24, 2.45) is 16.7 Å². The minimum atomic E-state index is -0.284. The maximum Gasteiger partial charge on any atom is 0.168 e. The standard InChI is InChI=1S/C16H12N.C14H22O2.Ir/c1-12-6-5-9-15-14(12)10-11-17-16(15)13-7-3-2-4-8-13;1-13(2)7-5-9-6-8-14(3,4)12(16)10(9)11(13)15;/h2-7,9-11H,1H3;9,15H,5-8H2,1-4H3;/q-1;;. The van der Waals surface area contributed by atoms with Gasteiger partial charge in [0.05, 0.1) is 0 Å². The number of aliphatic hydroxyl groups excluding tert-OH is 1. The Morgan fingerprint density at radius 3 is 2.32 bits per heavy atom. The van der Waals surface area contributed by atoms with Crippen LogP contribution in [0.15, 0.2) is 66.1 Å². The predicted molar refractivity (Wildman–Crippen MR) is 135 cm³/mol. The average Bonchev–Trinajstić information content (AvgIpc) is 2.80. The van der Waals surface area contributed by atoms with Gasteiger partial charge in [-0.05, 0) is 66.6 Å². The molecule has 2 aliphatic rings. The van der Waals surface area contributed by atoms with Crippen molar-refractivity contribution in [3.8, 4) is 11.3 Å². The molecule has 3 aromatic rings. The SMILES string of the molecule is CC1(C)CCC2CCC(C)(C)C(O)=C2C1=O.Cc1cccc2c(-c3[c-]cccc3)nccc12.[Ir]. The Kier molecular flexibility index (Phi) is 7.85. The molecule has 1 N–H and O–H groups in total. The topological polar surface area (TPSA) is 50.2 Å². The molecule has 5 rings (SSSR count). The molecule has 1 unspecified atom stereocenters. The molecule has 181 valence electrons. The number of allylic oxidation sites excluding steroid dienone is 2. The van der Waals surface area contributed by atoms with E-state index < -0.39 is 0 Å². The summed E-state index contributed by atoms with van der Waals surface area (Å²) >= 11 is 0. The molecule has 1 heterocycles. The summed E-state index contributed by atoms with van der Waals surface area (Å²) in [4.78, 5) is 16.8. The van der Waals surface area contributed by atoms with Gasteiger partial charge in [0, 0.05) is 42.7 Å². The Bertz CT molecular complexity index is 1210. The van der Waals surface area contributed by atoms with Gasteiger partial charge in [0.2, 0.25) is 0 Å². The van der Waals surface area contributed by atoms with Crippen molar-refractivity contribution in [1.29, 1.82) is 0 Å². The molecular weight excluding hydrogens is 599 g/mol. The fraction of sp³-hybridized carbons (Fsp3) is 0.400. The summed E-state index contributed by atoms with van der Waals surface area (Å²) in [6.07, 6.45) is 5.91. The number of ketones is 1. The maximum absolute atomic E-state index is 12.4. The Hall–Kier alpha value is -2.29. The zero-order chi connectivity index (χ0) is 23.8. The average molecular weight is 633 g/mol. The molecular formula is C30H34IrNO2-. The second-order valence-electron chi connectivity index (χ2n) is 10.7. The Balaban J connectivity index is 0.000000186. The fourth-order valence-corrected chi connectivity index (χ4v) is 5.07. The summed E-state index contributed by atoms with van der Waals surface area (Å²) in [5, 5.41) is 12.7. The number of rotatable bonds is 1. The molecule has 3 nitrogen and oxygen atoms in total. The van der Waals surface area contributed by atoms with E-state index >= 15 is 0 Å². The van der Waals surface area contributed by atoms with Gasteiger partial charge in [0.15, 0.2) is 5.78 Å². The number of Topliss-reactive ketones (excluding diaryl/α,β-unsaturated/α-hetero) is 1. The molecule has 1 aromatic heterocycles. The van der Waals surface area contributed by atoms with Crippen LogP contribution in [0.25, 0.3) is 22.0 Å². The van der Waals surface area contributed by atoms with Gasteiger partial charge in [0.25, 0.3) is 0 Å². The van der Waals surface area contributed by atoms with E-state index in [0.717, 1.165) is 42.5 Å². The van der Waals surface area contributed by atoms with Gasteiger partial charge in [-0.1, -0.05) is 45.9 Å². The van der Waals surface area contributed by atoms with Gasteiger partial charge >= 0.3 is 0 Å². The minimum Gasteiger partial charge on any atom is -0.511 e. The van der Waals surface area contributed by atoms with E-state index in [9.17, 15) is 9.90 Å². The van der Waals surface area contributed by atoms with Gasteiger partial charge in [-0.2, -0.15) is 0 Å². The molecule has 1 fully saturated rings. The Morgan fingerprint density at radius 2 is 1.65 bits per heavy atom. The molecule has 2 aromatic carbocycles. The maximum atomic E-state index is 12.4. The van der Waals surface area contributed by atoms with Crippen LogP contribution in [-0.4, -0.2) is 15.9 Å². The number of nitrogens with zero attached hydrogens (tertiary/aromatic N) is 1. The number of aliphatic hydroxyl groups is 1. The first-order chi connectivity index (χ1) is 15.6. The van der Waals surface area contributed by atoms with Crippen molar-refractivity contribution in [1.82, 2.24) is 4.98 Å². The third-order valence-electron chi connectivity index (χ3n) is 7.39. The van der Waals surface area contributed by atoms with Crippen molar-refractivity contribution in [3.05, 3.63) is 77.7 Å². The number of aromatic nitrogens is 1. The van der Waals surface area contributed by atoms with E-state index in [-0.39, 0.29) is 36.7 Å². The molecule has 1 atom stereocenters. The Labute approximate surface area is 217 Å². The van der Waals surface area contributed by atoms with Gasteiger partial charge in [-0.25, -0.2) is 0 Å². The van der Waals surface area contributed by atoms with Crippen LogP contribution in [0.5, 0.6) is 0 Å². The van der Waals surface area contributed by atoms with Crippen LogP contribution in [0.4, 0.5) is 0 Å². The van der Waals surface area contributed by atoms with Crippen LogP contribution < -0.4 is 0 Å². The third-order valence-corrected chi connectivity index (χ3v) is 7.39. The van der Waals surface area contributed by atoms with Gasteiger partial charge in [-0.15, -0.1) is 35.9 Å². The van der Waals surface area contributed by atoms with Crippen molar-refractivity contribution < 1.29 is 30.0 Å². The largest absolute Gasteiger partial charge is 0.511 e. The first-order valence-electron chi connectivity index (χ1n) is 11.9. The third kappa shape index (κ3) is 5.04. The summed E-state index contributed by atoms with van der Waals surface area (Å²) in [5.74, 6) is 0.851. The summed E-state index contributed by atoms with van der Waals surface area (Å²) in [6.45, 7) is 10.2. The molecule has 0 amide bonds. The second-order valence-corrected chi connectivity index (χ2v) is 10.7. The minimum absolute atomic E-state index is 0. The predicted octanol–water partition coefficient (Wildman–Crippen LogP) is 7.63. The van der Waals surface area contributed by atoms with E-state index in [1.54, 1.807) is 0 Å². The van der Waals surface area contributed by atoms with Crippen LogP contribution in [-0.2, 0) is 24.9 Å². The van der Waals surface area contributed by atoms with Gasteiger partial charge in [0.1, 0.15) is 5.76 Å². The number of carbonyl (C=O) groups excluding carboxylic acids is 1. The monoisotopic (exact) mass is 633 g/mol. The zero-order valence-electron chi connectivity index (χ0n) is 20.7. The molecule has 34 heavy (non-hydrogen) atoms. The van der Waals surface area contributed by atoms with Crippen LogP contribution >= 0.6 is 0 Å². The first-order valence-corrected chi connectivity index (χ1v) is 11.9. The number of hydrogen-bond acceptors (Lipinski definition) is 3. The number of pyridine rings is 1. The molecule has 0 bridgehead atoms. The van der Waals surface area contributed by atoms with E-state index in [0.29, 0.717) is 11.7 Å². The normalized spacial score (nSPS) is 20.6. The van der Waals surface area contributed by atoms with E-state index in [1.807, 2.05) is 58.2 Å². The molecule has 2 aliphatic carbocycles. The number of hydrogen-bond donors (Lipinski definition) is 1. The number of benzene rings is 2. The van der Waals surface area contributed by atoms with Crippen LogP contribution in [0.2, 0.25) is 0 Å². The summed E-state index contributed by atoms with van der Waals surface area (Å²) in [5.41, 5.74) is 3.58. The van der Waals surface area contributed by atoms with Crippen molar-refractivity contribution in [3.63, 3.8) is 0 Å². The molecule has 0 saturated heterocycles. The zero-order valence-corrected chi connectivity index (χ0v) is 23.1. The molecule has 4 heteroatoms. The molecule has 0 spiro atoms. The summed E-state index contributed by atoms with van der Waals surface area (Å²) in [7, 11) is 0. The van der Waals surface area contributed by atoms with Crippen molar-refractivity contribution >= 4 is 16.6 Å². The van der Waals surface area contributed by atoms with E-state index in [4.69, 9.17) is 0 Å². The number of aryl methyl sites for hydroxylation is 1. The molecule has 1 radical (unpaired) electrons. The quantitative estimate of drug-likeness (QED) is 0.281. The molecule has 0 aliphatic heterocycles. The summed E-state index contributed by atoms with van der Waals surface area (Å²) in [6, 6.07) is 19.6. The van der Waals surface area contributed by atoms with E-state index in [2.05, 4.69) is 42.2 Å². The van der Waals surface area contributed by atoms with E-state index in [1.165, 1.54) is 16.3 Å². The van der Waals surface area contributed by atoms with Crippen molar-refractivity contribution in [2.45, 2.75) is 60.3 Å². The van der Waals surface area contributed by atoms with Gasteiger partial charge < -0.3 is 10.1 Å². The van der Waals surface area contributed by atoms with Crippen LogP contribution in [0.1, 0.15) is 58.9 Å². The van der Waals surface area contributed by atoms with Crippen LogP contribution in [0, 0.1) is 29.7 Å². The second kappa shape index (κ2) is 10.1. The van der Waals surface area contributed by atoms with Crippen molar-refractivity contribution in [2.75, 3.05) is 0 Å². The number of carbonyl (C=O) groups is 1. The summed E-state index contributed by atoms with van der Waals surface area (Å²) < 4.78 is 0.